The fourth-order valence-electron chi connectivity index (χ4n) is 3.25. The maximum Gasteiger partial charge on any atom is 0.0966 e. The van der Waals surface area contributed by atoms with Gasteiger partial charge in [-0.1, -0.05) is 66.2 Å². The zero-order valence-corrected chi connectivity index (χ0v) is 15.0. The molecular formula is C22H26N2. The number of benzene rings is 2. The fourth-order valence-corrected chi connectivity index (χ4v) is 3.25. The van der Waals surface area contributed by atoms with E-state index >= 15 is 0 Å². The van der Waals surface area contributed by atoms with Gasteiger partial charge in [0.25, 0.3) is 0 Å². The standard InChI is InChI=1S/C22H26N2/c1-16-14-18-12-8-9-13-19(18)20(16)15-21(23-24-22(2,3)4)17-10-6-5-7-11-17/h5-14,20-21H,15H2,1-4H3. The fraction of sp³-hybridized carbons (Fsp3) is 0.364. The number of hydrogen-bond acceptors (Lipinski definition) is 2. The van der Waals surface area contributed by atoms with Gasteiger partial charge in [-0.3, -0.25) is 0 Å². The number of fused-ring (bicyclic) bond motifs is 1. The molecule has 2 aromatic rings. The van der Waals surface area contributed by atoms with Crippen LogP contribution in [-0.2, 0) is 0 Å². The van der Waals surface area contributed by atoms with E-state index in [9.17, 15) is 0 Å². The Kier molecular flexibility index (Phi) is 4.66. The minimum Gasteiger partial charge on any atom is -0.188 e. The van der Waals surface area contributed by atoms with E-state index in [1.165, 1.54) is 22.3 Å². The van der Waals surface area contributed by atoms with Crippen molar-refractivity contribution in [1.29, 1.82) is 0 Å². The van der Waals surface area contributed by atoms with E-state index in [1.807, 2.05) is 0 Å². The van der Waals surface area contributed by atoms with Gasteiger partial charge in [-0.25, -0.2) is 0 Å². The van der Waals surface area contributed by atoms with Crippen LogP contribution in [0, 0.1) is 0 Å². The van der Waals surface area contributed by atoms with E-state index in [0.29, 0.717) is 5.92 Å². The van der Waals surface area contributed by atoms with Crippen molar-refractivity contribution >= 4 is 6.08 Å². The van der Waals surface area contributed by atoms with E-state index in [4.69, 9.17) is 5.11 Å². The summed E-state index contributed by atoms with van der Waals surface area (Å²) >= 11 is 0. The molecule has 0 fully saturated rings. The molecule has 0 aromatic heterocycles. The Morgan fingerprint density at radius 2 is 1.62 bits per heavy atom. The average Bonchev–Trinajstić information content (AvgIpc) is 2.87. The first-order chi connectivity index (χ1) is 11.4. The molecule has 2 nitrogen and oxygen atoms in total. The summed E-state index contributed by atoms with van der Waals surface area (Å²) in [6.45, 7) is 8.51. The van der Waals surface area contributed by atoms with Crippen molar-refractivity contribution in [2.45, 2.75) is 51.6 Å². The summed E-state index contributed by atoms with van der Waals surface area (Å²) in [6, 6.07) is 19.3. The van der Waals surface area contributed by atoms with Gasteiger partial charge in [0.1, 0.15) is 0 Å². The minimum atomic E-state index is -0.147. The average molecular weight is 318 g/mol. The van der Waals surface area contributed by atoms with Gasteiger partial charge in [0.15, 0.2) is 0 Å². The van der Waals surface area contributed by atoms with Gasteiger partial charge in [-0.2, -0.15) is 10.2 Å². The van der Waals surface area contributed by atoms with Crippen LogP contribution in [-0.4, -0.2) is 5.54 Å². The molecule has 24 heavy (non-hydrogen) atoms. The number of allylic oxidation sites excluding steroid dienone is 1. The van der Waals surface area contributed by atoms with Crippen LogP contribution >= 0.6 is 0 Å². The van der Waals surface area contributed by atoms with Crippen molar-refractivity contribution in [3.8, 4) is 0 Å². The lowest BCUT2D eigenvalue weighted by molar-refractivity contribution is 0.490. The molecule has 1 aliphatic carbocycles. The molecule has 0 spiro atoms. The maximum atomic E-state index is 4.73. The lowest BCUT2D eigenvalue weighted by Crippen LogP contribution is -2.10. The Morgan fingerprint density at radius 1 is 0.958 bits per heavy atom. The maximum absolute atomic E-state index is 4.73. The molecule has 2 atom stereocenters. The summed E-state index contributed by atoms with van der Waals surface area (Å²) in [5.74, 6) is 0.422. The van der Waals surface area contributed by atoms with Gasteiger partial charge in [0.2, 0.25) is 0 Å². The quantitative estimate of drug-likeness (QED) is 0.570. The summed E-state index contributed by atoms with van der Waals surface area (Å²) in [6.07, 6.45) is 3.27. The van der Waals surface area contributed by atoms with Crippen molar-refractivity contribution in [2.24, 2.45) is 10.2 Å². The third kappa shape index (κ3) is 3.81. The molecule has 0 saturated carbocycles. The molecule has 3 rings (SSSR count). The second-order valence-electron chi connectivity index (χ2n) is 7.62. The zero-order valence-electron chi connectivity index (χ0n) is 15.0. The monoisotopic (exact) mass is 318 g/mol. The van der Waals surface area contributed by atoms with Crippen LogP contribution in [0.5, 0.6) is 0 Å². The van der Waals surface area contributed by atoms with Gasteiger partial charge >= 0.3 is 0 Å². The first kappa shape index (κ1) is 16.6. The highest BCUT2D eigenvalue weighted by molar-refractivity contribution is 5.66. The summed E-state index contributed by atoms with van der Waals surface area (Å²) < 4.78 is 0. The highest BCUT2D eigenvalue weighted by Gasteiger charge is 2.26. The molecule has 0 bridgehead atoms. The van der Waals surface area contributed by atoms with Crippen molar-refractivity contribution in [2.75, 3.05) is 0 Å². The first-order valence-electron chi connectivity index (χ1n) is 8.68. The van der Waals surface area contributed by atoms with Crippen molar-refractivity contribution in [3.05, 3.63) is 76.9 Å². The molecule has 2 aromatic carbocycles. The molecule has 0 radical (unpaired) electrons. The second kappa shape index (κ2) is 6.72. The Hall–Kier alpha value is -2.22. The highest BCUT2D eigenvalue weighted by Crippen LogP contribution is 2.42. The second-order valence-corrected chi connectivity index (χ2v) is 7.62. The van der Waals surface area contributed by atoms with Gasteiger partial charge in [0.05, 0.1) is 11.6 Å². The smallest absolute Gasteiger partial charge is 0.0966 e. The van der Waals surface area contributed by atoms with Crippen molar-refractivity contribution < 1.29 is 0 Å². The van der Waals surface area contributed by atoms with E-state index in [0.717, 1.165) is 6.42 Å². The number of azo groups is 1. The van der Waals surface area contributed by atoms with Gasteiger partial charge < -0.3 is 0 Å². The molecule has 124 valence electrons. The van der Waals surface area contributed by atoms with E-state index in [2.05, 4.69) is 93.5 Å². The molecule has 0 saturated heterocycles. The molecule has 2 unspecified atom stereocenters. The molecule has 0 N–H and O–H groups in total. The lowest BCUT2D eigenvalue weighted by Gasteiger charge is -2.21. The first-order valence-corrected chi connectivity index (χ1v) is 8.68. The number of rotatable bonds is 4. The predicted molar refractivity (Wildman–Crippen MR) is 101 cm³/mol. The summed E-state index contributed by atoms with van der Waals surface area (Å²) in [4.78, 5) is 0. The molecule has 1 aliphatic rings. The van der Waals surface area contributed by atoms with Crippen molar-refractivity contribution in [1.82, 2.24) is 0 Å². The Morgan fingerprint density at radius 3 is 2.33 bits per heavy atom. The predicted octanol–water partition coefficient (Wildman–Crippen LogP) is 6.57. The van der Waals surface area contributed by atoms with Crippen LogP contribution in [0.4, 0.5) is 0 Å². The minimum absolute atomic E-state index is 0.0879. The molecule has 0 aliphatic heterocycles. The van der Waals surface area contributed by atoms with Gasteiger partial charge in [-0.05, 0) is 50.8 Å². The Labute approximate surface area is 145 Å². The van der Waals surface area contributed by atoms with Crippen LogP contribution in [0.2, 0.25) is 0 Å². The van der Waals surface area contributed by atoms with E-state index in [1.54, 1.807) is 0 Å². The number of hydrogen-bond donors (Lipinski definition) is 0. The van der Waals surface area contributed by atoms with Crippen LogP contribution in [0.25, 0.3) is 6.08 Å². The molecule has 0 heterocycles. The zero-order chi connectivity index (χ0) is 17.2. The van der Waals surface area contributed by atoms with Gasteiger partial charge in [-0.15, -0.1) is 0 Å². The van der Waals surface area contributed by atoms with E-state index in [-0.39, 0.29) is 11.6 Å². The SMILES string of the molecule is CC1=Cc2ccccc2C1CC(N=NC(C)(C)C)c1ccccc1. The Balaban J connectivity index is 1.90. The van der Waals surface area contributed by atoms with Gasteiger partial charge in [0, 0.05) is 5.92 Å². The normalized spacial score (nSPS) is 18.5. The summed E-state index contributed by atoms with van der Waals surface area (Å²) in [5, 5.41) is 9.30. The highest BCUT2D eigenvalue weighted by atomic mass is 15.2. The van der Waals surface area contributed by atoms with E-state index < -0.39 is 0 Å². The molecule has 2 heteroatoms. The number of nitrogens with zero attached hydrogens (tertiary/aromatic N) is 2. The largest absolute Gasteiger partial charge is 0.188 e. The third-order valence-electron chi connectivity index (χ3n) is 4.44. The third-order valence-corrected chi connectivity index (χ3v) is 4.44. The summed E-state index contributed by atoms with van der Waals surface area (Å²) in [7, 11) is 0. The molecular weight excluding hydrogens is 292 g/mol. The van der Waals surface area contributed by atoms with Crippen LogP contribution in [0.1, 0.15) is 62.8 Å². The molecule has 0 amide bonds. The summed E-state index contributed by atoms with van der Waals surface area (Å²) in [5.41, 5.74) is 5.28. The van der Waals surface area contributed by atoms with Crippen LogP contribution < -0.4 is 0 Å². The van der Waals surface area contributed by atoms with Crippen LogP contribution in [0.15, 0.2) is 70.4 Å². The Bertz CT molecular complexity index is 751. The van der Waals surface area contributed by atoms with Crippen LogP contribution in [0.3, 0.4) is 0 Å². The van der Waals surface area contributed by atoms with Crippen molar-refractivity contribution in [3.63, 3.8) is 0 Å². The lowest BCUT2D eigenvalue weighted by atomic mass is 9.88. The topological polar surface area (TPSA) is 24.7 Å².